The summed E-state index contributed by atoms with van der Waals surface area (Å²) in [4.78, 5) is 0. The van der Waals surface area contributed by atoms with Gasteiger partial charge in [-0.15, -0.1) is 0 Å². The molecule has 0 saturated carbocycles. The number of benzene rings is 1. The number of nitrogens with one attached hydrogen (secondary N) is 1. The molecule has 20 heavy (non-hydrogen) atoms. The van der Waals surface area contributed by atoms with Crippen molar-refractivity contribution in [3.8, 4) is 0 Å². The van der Waals surface area contributed by atoms with Crippen LogP contribution in [0.1, 0.15) is 36.1 Å². The van der Waals surface area contributed by atoms with Crippen molar-refractivity contribution in [3.05, 3.63) is 53.3 Å². The van der Waals surface area contributed by atoms with E-state index < -0.39 is 0 Å². The standard InChI is InChI=1S/C17H23N3/c1-3-8-18-17(16-11-19-20(2)12-16)15-9-13-6-4-5-7-14(13)10-15/h4-7,11-12,15,17-18H,3,8-10H2,1-2H3. The Bertz CT molecular complexity index is 548. The van der Waals surface area contributed by atoms with Crippen LogP contribution < -0.4 is 5.32 Å². The lowest BCUT2D eigenvalue weighted by atomic mass is 9.92. The Kier molecular flexibility index (Phi) is 3.88. The van der Waals surface area contributed by atoms with Crippen LogP contribution in [-0.2, 0) is 19.9 Å². The van der Waals surface area contributed by atoms with Crippen molar-refractivity contribution in [1.29, 1.82) is 0 Å². The molecule has 1 unspecified atom stereocenters. The van der Waals surface area contributed by atoms with E-state index >= 15 is 0 Å². The van der Waals surface area contributed by atoms with E-state index in [0.29, 0.717) is 12.0 Å². The fourth-order valence-electron chi connectivity index (χ4n) is 3.29. The minimum Gasteiger partial charge on any atom is -0.310 e. The molecule has 2 aromatic rings. The van der Waals surface area contributed by atoms with Crippen LogP contribution >= 0.6 is 0 Å². The van der Waals surface area contributed by atoms with Gasteiger partial charge in [-0.25, -0.2) is 0 Å². The first-order valence-corrected chi connectivity index (χ1v) is 7.56. The molecule has 1 heterocycles. The minimum atomic E-state index is 0.413. The van der Waals surface area contributed by atoms with Crippen molar-refractivity contribution >= 4 is 0 Å². The average Bonchev–Trinajstić information content (AvgIpc) is 3.05. The SMILES string of the molecule is CCCNC(c1cnn(C)c1)C1Cc2ccccc2C1. The molecule has 0 radical (unpaired) electrons. The molecule has 0 spiro atoms. The number of fused-ring (bicyclic) bond motifs is 1. The van der Waals surface area contributed by atoms with Gasteiger partial charge >= 0.3 is 0 Å². The Morgan fingerprint density at radius 1 is 1.30 bits per heavy atom. The molecule has 0 aliphatic heterocycles. The van der Waals surface area contributed by atoms with Crippen molar-refractivity contribution in [2.24, 2.45) is 13.0 Å². The van der Waals surface area contributed by atoms with E-state index in [4.69, 9.17) is 0 Å². The first kappa shape index (κ1) is 13.4. The van der Waals surface area contributed by atoms with Crippen molar-refractivity contribution in [1.82, 2.24) is 15.1 Å². The molecular weight excluding hydrogens is 246 g/mol. The number of rotatable bonds is 5. The molecule has 0 fully saturated rings. The van der Waals surface area contributed by atoms with E-state index in [-0.39, 0.29) is 0 Å². The van der Waals surface area contributed by atoms with Crippen molar-refractivity contribution < 1.29 is 0 Å². The molecule has 1 atom stereocenters. The fraction of sp³-hybridized carbons (Fsp3) is 0.471. The maximum absolute atomic E-state index is 4.34. The van der Waals surface area contributed by atoms with Crippen LogP contribution in [0.25, 0.3) is 0 Å². The average molecular weight is 269 g/mol. The number of aromatic nitrogens is 2. The molecule has 1 N–H and O–H groups in total. The second kappa shape index (κ2) is 5.80. The maximum Gasteiger partial charge on any atom is 0.0537 e. The predicted molar refractivity (Wildman–Crippen MR) is 81.6 cm³/mol. The Morgan fingerprint density at radius 3 is 2.55 bits per heavy atom. The largest absolute Gasteiger partial charge is 0.310 e. The van der Waals surface area contributed by atoms with Crippen molar-refractivity contribution in [3.63, 3.8) is 0 Å². The lowest BCUT2D eigenvalue weighted by Crippen LogP contribution is -2.29. The summed E-state index contributed by atoms with van der Waals surface area (Å²) < 4.78 is 1.90. The zero-order valence-corrected chi connectivity index (χ0v) is 12.3. The van der Waals surface area contributed by atoms with Gasteiger partial charge in [0.2, 0.25) is 0 Å². The lowest BCUT2D eigenvalue weighted by Gasteiger charge is -2.23. The molecule has 3 nitrogen and oxygen atoms in total. The van der Waals surface area contributed by atoms with Crippen LogP contribution in [-0.4, -0.2) is 16.3 Å². The Labute approximate surface area is 121 Å². The van der Waals surface area contributed by atoms with E-state index in [1.165, 1.54) is 29.5 Å². The van der Waals surface area contributed by atoms with E-state index in [1.54, 1.807) is 0 Å². The van der Waals surface area contributed by atoms with Gasteiger partial charge in [-0.3, -0.25) is 4.68 Å². The van der Waals surface area contributed by atoms with E-state index in [0.717, 1.165) is 13.0 Å². The molecule has 0 amide bonds. The first-order valence-electron chi connectivity index (χ1n) is 7.56. The van der Waals surface area contributed by atoms with Gasteiger partial charge in [0.1, 0.15) is 0 Å². The van der Waals surface area contributed by atoms with Crippen LogP contribution in [0.2, 0.25) is 0 Å². The molecule has 3 heteroatoms. The summed E-state index contributed by atoms with van der Waals surface area (Å²) in [6.45, 7) is 3.28. The molecule has 1 aliphatic rings. The lowest BCUT2D eigenvalue weighted by molar-refractivity contribution is 0.374. The second-order valence-electron chi connectivity index (χ2n) is 5.82. The summed E-state index contributed by atoms with van der Waals surface area (Å²) in [5.74, 6) is 0.642. The van der Waals surface area contributed by atoms with Crippen LogP contribution in [0.3, 0.4) is 0 Å². The van der Waals surface area contributed by atoms with Crippen LogP contribution in [0, 0.1) is 5.92 Å². The molecule has 0 saturated heterocycles. The quantitative estimate of drug-likeness (QED) is 0.904. The van der Waals surface area contributed by atoms with E-state index in [9.17, 15) is 0 Å². The highest BCUT2D eigenvalue weighted by Gasteiger charge is 2.29. The van der Waals surface area contributed by atoms with Crippen molar-refractivity contribution in [2.75, 3.05) is 6.54 Å². The highest BCUT2D eigenvalue weighted by atomic mass is 15.2. The van der Waals surface area contributed by atoms with Gasteiger partial charge in [-0.05, 0) is 42.9 Å². The molecular formula is C17H23N3. The van der Waals surface area contributed by atoms with Crippen LogP contribution in [0.4, 0.5) is 0 Å². The van der Waals surface area contributed by atoms with Gasteiger partial charge in [-0.1, -0.05) is 31.2 Å². The number of hydrogen-bond donors (Lipinski definition) is 1. The molecule has 0 bridgehead atoms. The van der Waals surface area contributed by atoms with Gasteiger partial charge < -0.3 is 5.32 Å². The van der Waals surface area contributed by atoms with Crippen molar-refractivity contribution in [2.45, 2.75) is 32.2 Å². The molecule has 1 aromatic heterocycles. The molecule has 3 rings (SSSR count). The minimum absolute atomic E-state index is 0.413. The number of hydrogen-bond acceptors (Lipinski definition) is 2. The zero-order valence-electron chi connectivity index (χ0n) is 12.3. The summed E-state index contributed by atoms with van der Waals surface area (Å²) in [6.07, 6.45) is 7.67. The third kappa shape index (κ3) is 2.63. The second-order valence-corrected chi connectivity index (χ2v) is 5.82. The van der Waals surface area contributed by atoms with E-state index in [1.807, 2.05) is 17.9 Å². The smallest absolute Gasteiger partial charge is 0.0537 e. The van der Waals surface area contributed by atoms with Crippen LogP contribution in [0.15, 0.2) is 36.7 Å². The third-order valence-electron chi connectivity index (χ3n) is 4.25. The predicted octanol–water partition coefficient (Wildman–Crippen LogP) is 2.88. The topological polar surface area (TPSA) is 29.9 Å². The molecule has 1 aromatic carbocycles. The Balaban J connectivity index is 1.81. The molecule has 106 valence electrons. The highest BCUT2D eigenvalue weighted by molar-refractivity contribution is 5.33. The van der Waals surface area contributed by atoms with Gasteiger partial charge in [0.05, 0.1) is 6.20 Å². The van der Waals surface area contributed by atoms with Gasteiger partial charge in [0, 0.05) is 24.8 Å². The van der Waals surface area contributed by atoms with E-state index in [2.05, 4.69) is 47.8 Å². The Hall–Kier alpha value is -1.61. The fourth-order valence-corrected chi connectivity index (χ4v) is 3.29. The summed E-state index contributed by atoms with van der Waals surface area (Å²) in [5, 5.41) is 8.07. The summed E-state index contributed by atoms with van der Waals surface area (Å²) in [6, 6.07) is 9.26. The number of nitrogens with zero attached hydrogens (tertiary/aromatic N) is 2. The van der Waals surface area contributed by atoms with Gasteiger partial charge in [0.15, 0.2) is 0 Å². The third-order valence-corrected chi connectivity index (χ3v) is 4.25. The zero-order chi connectivity index (χ0) is 13.9. The first-order chi connectivity index (χ1) is 9.78. The monoisotopic (exact) mass is 269 g/mol. The number of aryl methyl sites for hydroxylation is 1. The van der Waals surface area contributed by atoms with Gasteiger partial charge in [0.25, 0.3) is 0 Å². The summed E-state index contributed by atoms with van der Waals surface area (Å²) in [5.41, 5.74) is 4.35. The molecule has 1 aliphatic carbocycles. The normalized spacial score (nSPS) is 16.3. The van der Waals surface area contributed by atoms with Crippen LogP contribution in [0.5, 0.6) is 0 Å². The summed E-state index contributed by atoms with van der Waals surface area (Å²) >= 11 is 0. The summed E-state index contributed by atoms with van der Waals surface area (Å²) in [7, 11) is 1.99. The maximum atomic E-state index is 4.34. The highest BCUT2D eigenvalue weighted by Crippen LogP contribution is 2.35. The van der Waals surface area contributed by atoms with Gasteiger partial charge in [-0.2, -0.15) is 5.10 Å². The Morgan fingerprint density at radius 2 is 2.00 bits per heavy atom.